The number of likely N-dealkylation sites (N-methyl/N-ethyl adjacent to an activating group) is 1. The number of nitrogens with one attached hydrogen (secondary N) is 1. The maximum atomic E-state index is 4.84. The molecule has 0 amide bonds. The van der Waals surface area contributed by atoms with Gasteiger partial charge in [0.1, 0.15) is 16.5 Å². The van der Waals surface area contributed by atoms with Gasteiger partial charge in [-0.2, -0.15) is 0 Å². The maximum absolute atomic E-state index is 4.84. The van der Waals surface area contributed by atoms with Crippen molar-refractivity contribution in [2.75, 3.05) is 44.7 Å². The number of nitrogens with zero attached hydrogens (tertiary/aromatic N) is 6. The van der Waals surface area contributed by atoms with Crippen LogP contribution in [0.4, 0.5) is 5.69 Å². The maximum Gasteiger partial charge on any atom is 0.183 e. The molecular weight excluding hydrogens is 429 g/mol. The van der Waals surface area contributed by atoms with Gasteiger partial charge in [0.25, 0.3) is 0 Å². The van der Waals surface area contributed by atoms with E-state index in [-0.39, 0.29) is 24.8 Å². The molecule has 29 heavy (non-hydrogen) atoms. The van der Waals surface area contributed by atoms with E-state index in [1.165, 1.54) is 5.69 Å². The predicted octanol–water partition coefficient (Wildman–Crippen LogP) is 2.77. The van der Waals surface area contributed by atoms with E-state index in [0.29, 0.717) is 0 Å². The molecule has 0 bridgehead atoms. The molecule has 2 aliphatic rings. The van der Waals surface area contributed by atoms with E-state index >= 15 is 0 Å². The molecule has 7 nitrogen and oxygen atoms in total. The van der Waals surface area contributed by atoms with Gasteiger partial charge < -0.3 is 19.7 Å². The third-order valence-electron chi connectivity index (χ3n) is 5.34. The summed E-state index contributed by atoms with van der Waals surface area (Å²) in [5, 5.41) is 15.1. The first-order chi connectivity index (χ1) is 13.3. The third-order valence-corrected chi connectivity index (χ3v) is 6.23. The van der Waals surface area contributed by atoms with Crippen molar-refractivity contribution in [3.63, 3.8) is 0 Å². The Kier molecular flexibility index (Phi) is 7.13. The molecular formula is C19H25Cl2N7S. The molecule has 0 unspecified atom stereocenters. The van der Waals surface area contributed by atoms with Gasteiger partial charge >= 0.3 is 0 Å². The topological polar surface area (TPSA) is 62.1 Å². The van der Waals surface area contributed by atoms with Crippen LogP contribution in [-0.4, -0.2) is 64.4 Å². The van der Waals surface area contributed by atoms with Crippen LogP contribution in [0.15, 0.2) is 29.6 Å². The second-order valence-electron chi connectivity index (χ2n) is 7.14. The average Bonchev–Trinajstić information content (AvgIpc) is 3.36. The molecule has 2 aliphatic heterocycles. The fraction of sp³-hybridized carbons (Fsp3) is 0.421. The van der Waals surface area contributed by atoms with Crippen LogP contribution in [0.25, 0.3) is 22.1 Å². The molecule has 156 valence electrons. The highest BCUT2D eigenvalue weighted by molar-refractivity contribution is 7.13. The largest absolute Gasteiger partial charge is 0.369 e. The molecule has 0 atom stereocenters. The molecule has 1 saturated heterocycles. The number of benzene rings is 1. The SMILES string of the molecule is CN1CCN(c2ccc(-c3nc(-c4nnc5n4CCNC5)cs3)cc2)CC1.Cl.Cl. The number of fused-ring (bicyclic) bond motifs is 1. The van der Waals surface area contributed by atoms with Crippen LogP contribution in [0.3, 0.4) is 0 Å². The fourth-order valence-corrected chi connectivity index (χ4v) is 4.47. The lowest BCUT2D eigenvalue weighted by atomic mass is 10.2. The number of hydrogen-bond acceptors (Lipinski definition) is 7. The van der Waals surface area contributed by atoms with Gasteiger partial charge in [-0.15, -0.1) is 46.3 Å². The number of anilines is 1. The van der Waals surface area contributed by atoms with E-state index in [1.54, 1.807) is 11.3 Å². The Morgan fingerprint density at radius 1 is 0.966 bits per heavy atom. The van der Waals surface area contributed by atoms with Gasteiger partial charge in [-0.1, -0.05) is 0 Å². The van der Waals surface area contributed by atoms with Gasteiger partial charge in [-0.05, 0) is 31.3 Å². The van der Waals surface area contributed by atoms with Crippen molar-refractivity contribution in [2.24, 2.45) is 0 Å². The van der Waals surface area contributed by atoms with Crippen molar-refractivity contribution in [1.82, 2.24) is 30.0 Å². The lowest BCUT2D eigenvalue weighted by Gasteiger charge is -2.34. The molecule has 2 aromatic heterocycles. The Morgan fingerprint density at radius 3 is 2.48 bits per heavy atom. The lowest BCUT2D eigenvalue weighted by Crippen LogP contribution is -2.44. The summed E-state index contributed by atoms with van der Waals surface area (Å²) in [6.07, 6.45) is 0. The van der Waals surface area contributed by atoms with Crippen LogP contribution in [0, 0.1) is 0 Å². The van der Waals surface area contributed by atoms with Gasteiger partial charge in [-0.25, -0.2) is 4.98 Å². The highest BCUT2D eigenvalue weighted by Crippen LogP contribution is 2.30. The van der Waals surface area contributed by atoms with Gasteiger partial charge in [-0.3, -0.25) is 0 Å². The van der Waals surface area contributed by atoms with Crippen molar-refractivity contribution in [3.8, 4) is 22.1 Å². The summed E-state index contributed by atoms with van der Waals surface area (Å²) in [6.45, 7) is 7.03. The summed E-state index contributed by atoms with van der Waals surface area (Å²) < 4.78 is 2.17. The molecule has 0 radical (unpaired) electrons. The second kappa shape index (κ2) is 9.40. The molecule has 4 heterocycles. The van der Waals surface area contributed by atoms with E-state index in [0.717, 1.165) is 73.7 Å². The minimum absolute atomic E-state index is 0. The summed E-state index contributed by atoms with van der Waals surface area (Å²) in [6, 6.07) is 8.79. The molecule has 1 N–H and O–H groups in total. The molecule has 0 saturated carbocycles. The first kappa shape index (κ1) is 22.0. The molecule has 3 aromatic rings. The van der Waals surface area contributed by atoms with Gasteiger partial charge in [0.15, 0.2) is 5.82 Å². The van der Waals surface area contributed by atoms with Crippen molar-refractivity contribution < 1.29 is 0 Å². The van der Waals surface area contributed by atoms with Crippen LogP contribution >= 0.6 is 36.2 Å². The molecule has 10 heteroatoms. The lowest BCUT2D eigenvalue weighted by molar-refractivity contribution is 0.313. The number of piperazine rings is 1. The van der Waals surface area contributed by atoms with E-state index in [4.69, 9.17) is 4.98 Å². The zero-order valence-electron chi connectivity index (χ0n) is 16.2. The standard InChI is InChI=1S/C19H23N7S.2ClH/c1-24-8-10-25(11-9-24)15-4-2-14(3-5-15)19-21-16(13-27-19)18-23-22-17-12-20-6-7-26(17)18;;/h2-5,13,20H,6-12H2,1H3;2*1H. The first-order valence-electron chi connectivity index (χ1n) is 9.40. The smallest absolute Gasteiger partial charge is 0.183 e. The number of thiazole rings is 1. The van der Waals surface area contributed by atoms with Crippen LogP contribution in [0.5, 0.6) is 0 Å². The average molecular weight is 454 g/mol. The van der Waals surface area contributed by atoms with Crippen LogP contribution < -0.4 is 10.2 Å². The van der Waals surface area contributed by atoms with Crippen LogP contribution in [0.1, 0.15) is 5.82 Å². The zero-order chi connectivity index (χ0) is 18.2. The Bertz CT molecular complexity index is 932. The number of hydrogen-bond donors (Lipinski definition) is 1. The summed E-state index contributed by atoms with van der Waals surface area (Å²) in [4.78, 5) is 9.67. The second-order valence-corrected chi connectivity index (χ2v) is 8.00. The zero-order valence-corrected chi connectivity index (χ0v) is 18.7. The summed E-state index contributed by atoms with van der Waals surface area (Å²) in [5.74, 6) is 1.87. The number of aromatic nitrogens is 4. The minimum Gasteiger partial charge on any atom is -0.369 e. The highest BCUT2D eigenvalue weighted by atomic mass is 35.5. The molecule has 0 aliphatic carbocycles. The number of halogens is 2. The van der Waals surface area contributed by atoms with E-state index in [2.05, 4.69) is 66.6 Å². The van der Waals surface area contributed by atoms with Crippen molar-refractivity contribution >= 4 is 41.8 Å². The van der Waals surface area contributed by atoms with Gasteiger partial charge in [0.05, 0.1) is 6.54 Å². The van der Waals surface area contributed by atoms with Gasteiger partial charge in [0.2, 0.25) is 0 Å². The van der Waals surface area contributed by atoms with E-state index < -0.39 is 0 Å². The summed E-state index contributed by atoms with van der Waals surface area (Å²) in [7, 11) is 2.18. The summed E-state index contributed by atoms with van der Waals surface area (Å²) >= 11 is 1.67. The van der Waals surface area contributed by atoms with Crippen LogP contribution in [-0.2, 0) is 13.1 Å². The van der Waals surface area contributed by atoms with Gasteiger partial charge in [0, 0.05) is 55.9 Å². The quantitative estimate of drug-likeness (QED) is 0.657. The molecule has 1 fully saturated rings. The molecule has 5 rings (SSSR count). The van der Waals surface area contributed by atoms with Crippen molar-refractivity contribution in [1.29, 1.82) is 0 Å². The fourth-order valence-electron chi connectivity index (χ4n) is 3.67. The Labute approximate surface area is 187 Å². The molecule has 0 spiro atoms. The third kappa shape index (κ3) is 4.41. The minimum atomic E-state index is 0. The Hall–Kier alpha value is -1.71. The monoisotopic (exact) mass is 453 g/mol. The van der Waals surface area contributed by atoms with Crippen molar-refractivity contribution in [3.05, 3.63) is 35.5 Å². The number of rotatable bonds is 3. The van der Waals surface area contributed by atoms with Crippen molar-refractivity contribution in [2.45, 2.75) is 13.1 Å². The Balaban J connectivity index is 0.00000120. The highest BCUT2D eigenvalue weighted by Gasteiger charge is 2.19. The van der Waals surface area contributed by atoms with E-state index in [9.17, 15) is 0 Å². The van der Waals surface area contributed by atoms with Crippen LogP contribution in [0.2, 0.25) is 0 Å². The van der Waals surface area contributed by atoms with E-state index in [1.807, 2.05) is 0 Å². The summed E-state index contributed by atoms with van der Waals surface area (Å²) in [5.41, 5.74) is 3.37. The Morgan fingerprint density at radius 2 is 1.72 bits per heavy atom. The predicted molar refractivity (Wildman–Crippen MR) is 122 cm³/mol. The first-order valence-corrected chi connectivity index (χ1v) is 10.3. The molecule has 1 aromatic carbocycles. The normalized spacial score (nSPS) is 16.7.